The van der Waals surface area contributed by atoms with Gasteiger partial charge in [-0.1, -0.05) is 46.3 Å². The highest BCUT2D eigenvalue weighted by Crippen LogP contribution is 2.34. The summed E-state index contributed by atoms with van der Waals surface area (Å²) < 4.78 is 43.5. The SMILES string of the molecule is O=C(Nc1ccc2oc(-c3cccc4c(Br)cccc34)nc2c1)C1CCN(S(=O)(=O)c2cccc3nsnc23)CC1. The zero-order chi connectivity index (χ0) is 28.1. The van der Waals surface area contributed by atoms with Crippen LogP contribution in [0.4, 0.5) is 5.69 Å². The molecule has 0 saturated carbocycles. The summed E-state index contributed by atoms with van der Waals surface area (Å²) in [5.41, 5.74) is 3.70. The minimum Gasteiger partial charge on any atom is -0.436 e. The lowest BCUT2D eigenvalue weighted by molar-refractivity contribution is -0.120. The molecule has 1 saturated heterocycles. The third-order valence-electron chi connectivity index (χ3n) is 7.45. The topological polar surface area (TPSA) is 118 Å². The second-order valence-electron chi connectivity index (χ2n) is 9.90. The normalized spacial score (nSPS) is 15.1. The van der Waals surface area contributed by atoms with Gasteiger partial charge < -0.3 is 9.73 Å². The molecule has 9 nitrogen and oxygen atoms in total. The van der Waals surface area contributed by atoms with E-state index in [0.29, 0.717) is 46.6 Å². The molecule has 41 heavy (non-hydrogen) atoms. The average Bonchev–Trinajstić information content (AvgIpc) is 3.64. The van der Waals surface area contributed by atoms with Gasteiger partial charge in [0.25, 0.3) is 0 Å². The summed E-state index contributed by atoms with van der Waals surface area (Å²) in [6.45, 7) is 0.502. The van der Waals surface area contributed by atoms with E-state index in [1.165, 1.54) is 4.31 Å². The molecule has 206 valence electrons. The molecule has 1 aliphatic rings. The van der Waals surface area contributed by atoms with Gasteiger partial charge in [0.15, 0.2) is 5.58 Å². The van der Waals surface area contributed by atoms with Crippen molar-refractivity contribution < 1.29 is 17.6 Å². The maximum Gasteiger partial charge on any atom is 0.245 e. The Balaban J connectivity index is 1.06. The van der Waals surface area contributed by atoms with Crippen LogP contribution in [0.15, 0.2) is 86.6 Å². The molecule has 0 spiro atoms. The molecule has 12 heteroatoms. The van der Waals surface area contributed by atoms with E-state index in [4.69, 9.17) is 9.40 Å². The van der Waals surface area contributed by atoms with Gasteiger partial charge in [0.1, 0.15) is 21.4 Å². The van der Waals surface area contributed by atoms with Crippen molar-refractivity contribution in [2.45, 2.75) is 17.7 Å². The molecule has 3 heterocycles. The molecule has 4 aromatic carbocycles. The Morgan fingerprint density at radius 3 is 2.59 bits per heavy atom. The maximum atomic E-state index is 13.3. The van der Waals surface area contributed by atoms with E-state index in [9.17, 15) is 13.2 Å². The van der Waals surface area contributed by atoms with Crippen molar-refractivity contribution >= 4 is 82.2 Å². The molecule has 2 aromatic heterocycles. The standard InChI is InChI=1S/C29H22BrN5O4S2/c30-22-7-2-4-19-20(22)5-1-6-21(19)29-32-24-16-18(10-11-25(24)39-29)31-28(36)17-12-14-35(15-13-17)41(37,38)26-9-3-8-23-27(26)34-40-33-23/h1-11,16-17H,12-15H2,(H,31,36). The van der Waals surface area contributed by atoms with E-state index in [2.05, 4.69) is 30.0 Å². The van der Waals surface area contributed by atoms with Crippen LogP contribution >= 0.6 is 27.7 Å². The molecule has 0 aliphatic carbocycles. The number of sulfonamides is 1. The van der Waals surface area contributed by atoms with Crippen molar-refractivity contribution in [3.05, 3.63) is 77.3 Å². The van der Waals surface area contributed by atoms with Gasteiger partial charge in [-0.05, 0) is 66.1 Å². The van der Waals surface area contributed by atoms with Crippen molar-refractivity contribution in [3.8, 4) is 11.5 Å². The molecule has 0 atom stereocenters. The maximum absolute atomic E-state index is 13.3. The van der Waals surface area contributed by atoms with Crippen LogP contribution in [0.1, 0.15) is 12.8 Å². The van der Waals surface area contributed by atoms with Crippen molar-refractivity contribution in [3.63, 3.8) is 0 Å². The van der Waals surface area contributed by atoms with E-state index in [1.54, 1.807) is 36.4 Å². The molecule has 1 N–H and O–H groups in total. The Morgan fingerprint density at radius 2 is 1.73 bits per heavy atom. The molecule has 1 fully saturated rings. The third-order valence-corrected chi connectivity index (χ3v) is 10.6. The fourth-order valence-corrected chi connectivity index (χ4v) is 8.03. The lowest BCUT2D eigenvalue weighted by Gasteiger charge is -2.30. The van der Waals surface area contributed by atoms with Crippen LogP contribution in [0.25, 0.3) is 44.4 Å². The number of amides is 1. The van der Waals surface area contributed by atoms with E-state index in [1.807, 2.05) is 36.4 Å². The average molecular weight is 649 g/mol. The number of rotatable bonds is 5. The van der Waals surface area contributed by atoms with Crippen LogP contribution in [0, 0.1) is 5.92 Å². The molecular weight excluding hydrogens is 626 g/mol. The molecule has 6 aromatic rings. The predicted octanol–water partition coefficient (Wildman–Crippen LogP) is 6.45. The van der Waals surface area contributed by atoms with Gasteiger partial charge in [0.05, 0.1) is 11.7 Å². The van der Waals surface area contributed by atoms with E-state index in [0.717, 1.165) is 32.5 Å². The quantitative estimate of drug-likeness (QED) is 0.228. The number of hydrogen-bond acceptors (Lipinski definition) is 8. The number of carbonyl (C=O) groups excluding carboxylic acids is 1. The number of nitrogens with zero attached hydrogens (tertiary/aromatic N) is 4. The lowest BCUT2D eigenvalue weighted by Crippen LogP contribution is -2.41. The first-order valence-corrected chi connectivity index (χ1v) is 16.0. The molecular formula is C29H22BrN5O4S2. The highest BCUT2D eigenvalue weighted by molar-refractivity contribution is 9.10. The Kier molecular flexibility index (Phi) is 6.57. The number of anilines is 1. The molecule has 0 bridgehead atoms. The number of piperidine rings is 1. The highest BCUT2D eigenvalue weighted by Gasteiger charge is 2.33. The van der Waals surface area contributed by atoms with E-state index >= 15 is 0 Å². The predicted molar refractivity (Wildman–Crippen MR) is 162 cm³/mol. The minimum atomic E-state index is -3.74. The van der Waals surface area contributed by atoms with Gasteiger partial charge >= 0.3 is 0 Å². The fraction of sp³-hybridized carbons (Fsp3) is 0.172. The van der Waals surface area contributed by atoms with Crippen LogP contribution in [-0.4, -0.2) is 45.5 Å². The zero-order valence-corrected chi connectivity index (χ0v) is 24.7. The van der Waals surface area contributed by atoms with E-state index in [-0.39, 0.29) is 29.8 Å². The Hall–Kier alpha value is -3.71. The summed E-state index contributed by atoms with van der Waals surface area (Å²) in [5, 5.41) is 5.07. The summed E-state index contributed by atoms with van der Waals surface area (Å²) in [4.78, 5) is 18.0. The van der Waals surface area contributed by atoms with Crippen LogP contribution < -0.4 is 5.32 Å². The Morgan fingerprint density at radius 1 is 0.951 bits per heavy atom. The number of nitrogens with one attached hydrogen (secondary N) is 1. The number of aromatic nitrogens is 3. The number of fused-ring (bicyclic) bond motifs is 3. The van der Waals surface area contributed by atoms with Gasteiger partial charge in [0, 0.05) is 34.7 Å². The largest absolute Gasteiger partial charge is 0.436 e. The smallest absolute Gasteiger partial charge is 0.245 e. The summed E-state index contributed by atoms with van der Waals surface area (Å²) in [7, 11) is -3.74. The molecule has 0 unspecified atom stereocenters. The van der Waals surface area contributed by atoms with Crippen LogP contribution in [-0.2, 0) is 14.8 Å². The van der Waals surface area contributed by atoms with Gasteiger partial charge in [0.2, 0.25) is 21.8 Å². The van der Waals surface area contributed by atoms with Crippen molar-refractivity contribution in [2.24, 2.45) is 5.92 Å². The van der Waals surface area contributed by atoms with Gasteiger partial charge in [-0.3, -0.25) is 4.79 Å². The number of halogens is 1. The van der Waals surface area contributed by atoms with E-state index < -0.39 is 10.0 Å². The first-order chi connectivity index (χ1) is 19.9. The molecule has 1 amide bonds. The number of hydrogen-bond donors (Lipinski definition) is 1. The highest BCUT2D eigenvalue weighted by atomic mass is 79.9. The Bertz CT molecular complexity index is 2070. The lowest BCUT2D eigenvalue weighted by atomic mass is 9.97. The van der Waals surface area contributed by atoms with Gasteiger partial charge in [-0.25, -0.2) is 13.4 Å². The summed E-state index contributed by atoms with van der Waals surface area (Å²) in [6.07, 6.45) is 0.840. The number of oxazole rings is 1. The van der Waals surface area contributed by atoms with Gasteiger partial charge in [-0.15, -0.1) is 0 Å². The first kappa shape index (κ1) is 26.2. The summed E-state index contributed by atoms with van der Waals surface area (Å²) in [6, 6.07) is 22.3. The van der Waals surface area contributed by atoms with Crippen LogP contribution in [0.2, 0.25) is 0 Å². The van der Waals surface area contributed by atoms with Crippen molar-refractivity contribution in [1.29, 1.82) is 0 Å². The Labute approximate surface area is 247 Å². The fourth-order valence-electron chi connectivity index (χ4n) is 5.31. The summed E-state index contributed by atoms with van der Waals surface area (Å²) in [5.74, 6) is 0.0515. The van der Waals surface area contributed by atoms with Crippen LogP contribution in [0.3, 0.4) is 0 Å². The van der Waals surface area contributed by atoms with Crippen molar-refractivity contribution in [1.82, 2.24) is 18.0 Å². The third kappa shape index (κ3) is 4.70. The molecule has 0 radical (unpaired) electrons. The number of benzene rings is 4. The second kappa shape index (κ2) is 10.3. The minimum absolute atomic E-state index is 0.144. The monoisotopic (exact) mass is 647 g/mol. The van der Waals surface area contributed by atoms with Crippen LogP contribution in [0.5, 0.6) is 0 Å². The molecule has 1 aliphatic heterocycles. The number of carbonyl (C=O) groups is 1. The van der Waals surface area contributed by atoms with Crippen molar-refractivity contribution in [2.75, 3.05) is 18.4 Å². The zero-order valence-electron chi connectivity index (χ0n) is 21.5. The first-order valence-electron chi connectivity index (χ1n) is 13.0. The summed E-state index contributed by atoms with van der Waals surface area (Å²) >= 11 is 4.59. The second-order valence-corrected chi connectivity index (χ2v) is 13.2. The molecule has 7 rings (SSSR count). The van der Waals surface area contributed by atoms with Gasteiger partial charge in [-0.2, -0.15) is 13.1 Å².